The Morgan fingerprint density at radius 3 is 3.00 bits per heavy atom. The molecule has 0 amide bonds. The largest absolute Gasteiger partial charge is 0.489 e. The molecule has 0 aliphatic carbocycles. The van der Waals surface area contributed by atoms with Crippen LogP contribution in [0.15, 0.2) is 29.3 Å². The molecule has 17 heavy (non-hydrogen) atoms. The summed E-state index contributed by atoms with van der Waals surface area (Å²) in [6, 6.07) is 6.03. The van der Waals surface area contributed by atoms with Crippen LogP contribution < -0.4 is 15.8 Å². The van der Waals surface area contributed by atoms with Gasteiger partial charge in [0.1, 0.15) is 17.7 Å². The van der Waals surface area contributed by atoms with E-state index in [0.29, 0.717) is 18.3 Å². The summed E-state index contributed by atoms with van der Waals surface area (Å²) in [5.41, 5.74) is 5.57. The number of hydrogen-bond donors (Lipinski definition) is 2. The Hall–Kier alpha value is -1.78. The van der Waals surface area contributed by atoms with Crippen molar-refractivity contribution in [1.29, 1.82) is 0 Å². The quantitative estimate of drug-likeness (QED) is 0.605. The molecule has 4 nitrogen and oxygen atoms in total. The molecule has 0 saturated carbocycles. The Morgan fingerprint density at radius 2 is 2.35 bits per heavy atom. The number of nitrogens with two attached hydrogens (primary N) is 1. The van der Waals surface area contributed by atoms with E-state index in [0.717, 1.165) is 6.54 Å². The monoisotopic (exact) mass is 239 g/mol. The van der Waals surface area contributed by atoms with Crippen molar-refractivity contribution in [2.45, 2.75) is 20.0 Å². The van der Waals surface area contributed by atoms with Gasteiger partial charge in [-0.3, -0.25) is 0 Å². The number of halogens is 1. The first kappa shape index (κ1) is 13.3. The Morgan fingerprint density at radius 1 is 1.59 bits per heavy atom. The zero-order chi connectivity index (χ0) is 12.7. The summed E-state index contributed by atoms with van der Waals surface area (Å²) in [6.07, 6.45) is -0.158. The Bertz CT molecular complexity index is 382. The van der Waals surface area contributed by atoms with E-state index in [4.69, 9.17) is 10.5 Å². The van der Waals surface area contributed by atoms with Gasteiger partial charge in [-0.2, -0.15) is 0 Å². The second-order valence-corrected chi connectivity index (χ2v) is 3.64. The lowest BCUT2D eigenvalue weighted by molar-refractivity contribution is 0.229. The molecule has 0 saturated heterocycles. The average Bonchev–Trinajstić information content (AvgIpc) is 2.27. The summed E-state index contributed by atoms with van der Waals surface area (Å²) in [5, 5.41) is 2.89. The topological polar surface area (TPSA) is 59.6 Å². The normalized spacial score (nSPS) is 13.2. The fourth-order valence-electron chi connectivity index (χ4n) is 1.27. The number of hydrogen-bond acceptors (Lipinski definition) is 2. The van der Waals surface area contributed by atoms with E-state index in [9.17, 15) is 4.39 Å². The SMILES string of the molecule is CCNC(N)=NCC(C)Oc1cccc(F)c1. The summed E-state index contributed by atoms with van der Waals surface area (Å²) in [5.74, 6) is 0.572. The standard InChI is InChI=1S/C12H18FN3O/c1-3-15-12(14)16-8-9(2)17-11-6-4-5-10(13)7-11/h4-7,9H,3,8H2,1-2H3,(H3,14,15,16). The molecule has 0 spiro atoms. The van der Waals surface area contributed by atoms with Gasteiger partial charge in [0.25, 0.3) is 0 Å². The lowest BCUT2D eigenvalue weighted by Crippen LogP contribution is -2.32. The van der Waals surface area contributed by atoms with E-state index in [1.165, 1.54) is 12.1 Å². The minimum atomic E-state index is -0.314. The summed E-state index contributed by atoms with van der Waals surface area (Å²) < 4.78 is 18.4. The van der Waals surface area contributed by atoms with Crippen molar-refractivity contribution in [3.05, 3.63) is 30.1 Å². The zero-order valence-electron chi connectivity index (χ0n) is 10.1. The minimum Gasteiger partial charge on any atom is -0.489 e. The van der Waals surface area contributed by atoms with Crippen LogP contribution in [0.25, 0.3) is 0 Å². The van der Waals surface area contributed by atoms with Crippen molar-refractivity contribution in [3.8, 4) is 5.75 Å². The highest BCUT2D eigenvalue weighted by atomic mass is 19.1. The van der Waals surface area contributed by atoms with Crippen LogP contribution in [-0.4, -0.2) is 25.2 Å². The third kappa shape index (κ3) is 5.19. The van der Waals surface area contributed by atoms with Gasteiger partial charge in [-0.05, 0) is 26.0 Å². The summed E-state index contributed by atoms with van der Waals surface area (Å²) in [6.45, 7) is 4.95. The van der Waals surface area contributed by atoms with Gasteiger partial charge < -0.3 is 15.8 Å². The van der Waals surface area contributed by atoms with Crippen molar-refractivity contribution < 1.29 is 9.13 Å². The maximum absolute atomic E-state index is 12.9. The fraction of sp³-hybridized carbons (Fsp3) is 0.417. The predicted octanol–water partition coefficient (Wildman–Crippen LogP) is 1.52. The number of rotatable bonds is 5. The lowest BCUT2D eigenvalue weighted by Gasteiger charge is -2.13. The van der Waals surface area contributed by atoms with E-state index >= 15 is 0 Å². The zero-order valence-corrected chi connectivity index (χ0v) is 10.1. The van der Waals surface area contributed by atoms with Gasteiger partial charge in [-0.1, -0.05) is 6.07 Å². The van der Waals surface area contributed by atoms with Crippen LogP contribution in [0.5, 0.6) is 5.75 Å². The summed E-state index contributed by atoms with van der Waals surface area (Å²) in [7, 11) is 0. The third-order valence-corrected chi connectivity index (χ3v) is 2.01. The van der Waals surface area contributed by atoms with E-state index in [-0.39, 0.29) is 11.9 Å². The number of nitrogens with one attached hydrogen (secondary N) is 1. The minimum absolute atomic E-state index is 0.158. The number of benzene rings is 1. The van der Waals surface area contributed by atoms with Gasteiger partial charge in [-0.25, -0.2) is 9.38 Å². The molecule has 5 heteroatoms. The molecular weight excluding hydrogens is 221 g/mol. The molecule has 0 aliphatic heterocycles. The number of ether oxygens (including phenoxy) is 1. The first-order valence-corrected chi connectivity index (χ1v) is 5.57. The van der Waals surface area contributed by atoms with Crippen molar-refractivity contribution in [2.24, 2.45) is 10.7 Å². The van der Waals surface area contributed by atoms with E-state index in [1.54, 1.807) is 12.1 Å². The smallest absolute Gasteiger partial charge is 0.188 e. The molecule has 0 aromatic heterocycles. The summed E-state index contributed by atoms with van der Waals surface area (Å²) >= 11 is 0. The van der Waals surface area contributed by atoms with Crippen LogP contribution in [0, 0.1) is 5.82 Å². The number of nitrogens with zero attached hydrogens (tertiary/aromatic N) is 1. The van der Waals surface area contributed by atoms with Crippen LogP contribution >= 0.6 is 0 Å². The van der Waals surface area contributed by atoms with Gasteiger partial charge >= 0.3 is 0 Å². The Kier molecular flexibility index (Phi) is 5.26. The maximum atomic E-state index is 12.9. The van der Waals surface area contributed by atoms with E-state index < -0.39 is 0 Å². The van der Waals surface area contributed by atoms with Crippen LogP contribution in [0.3, 0.4) is 0 Å². The maximum Gasteiger partial charge on any atom is 0.188 e. The molecule has 3 N–H and O–H groups in total. The number of guanidine groups is 1. The predicted molar refractivity (Wildman–Crippen MR) is 66.7 cm³/mol. The highest BCUT2D eigenvalue weighted by molar-refractivity contribution is 5.77. The highest BCUT2D eigenvalue weighted by Crippen LogP contribution is 2.13. The van der Waals surface area contributed by atoms with Crippen molar-refractivity contribution in [2.75, 3.05) is 13.1 Å². The van der Waals surface area contributed by atoms with Crippen LogP contribution in [0.1, 0.15) is 13.8 Å². The molecule has 0 aliphatic rings. The summed E-state index contributed by atoms with van der Waals surface area (Å²) in [4.78, 5) is 4.10. The highest BCUT2D eigenvalue weighted by Gasteiger charge is 2.04. The molecule has 1 atom stereocenters. The first-order valence-electron chi connectivity index (χ1n) is 5.57. The molecule has 1 aromatic carbocycles. The number of aliphatic imine (C=N–C) groups is 1. The Balaban J connectivity index is 2.44. The molecule has 1 aromatic rings. The van der Waals surface area contributed by atoms with Crippen molar-refractivity contribution >= 4 is 5.96 Å². The van der Waals surface area contributed by atoms with Gasteiger partial charge in [0.15, 0.2) is 5.96 Å². The van der Waals surface area contributed by atoms with Crippen LogP contribution in [0.2, 0.25) is 0 Å². The van der Waals surface area contributed by atoms with Crippen LogP contribution in [-0.2, 0) is 0 Å². The van der Waals surface area contributed by atoms with Gasteiger partial charge in [0, 0.05) is 12.6 Å². The van der Waals surface area contributed by atoms with E-state index in [1.807, 2.05) is 13.8 Å². The molecular formula is C12H18FN3O. The molecule has 94 valence electrons. The molecule has 1 unspecified atom stereocenters. The second-order valence-electron chi connectivity index (χ2n) is 3.64. The lowest BCUT2D eigenvalue weighted by atomic mass is 10.3. The van der Waals surface area contributed by atoms with E-state index in [2.05, 4.69) is 10.3 Å². The van der Waals surface area contributed by atoms with Gasteiger partial charge in [-0.15, -0.1) is 0 Å². The molecule has 0 fully saturated rings. The van der Waals surface area contributed by atoms with Gasteiger partial charge in [0.05, 0.1) is 6.54 Å². The first-order chi connectivity index (χ1) is 8.11. The second kappa shape index (κ2) is 6.73. The van der Waals surface area contributed by atoms with Crippen LogP contribution in [0.4, 0.5) is 4.39 Å². The molecule has 0 radical (unpaired) electrons. The molecule has 0 heterocycles. The molecule has 0 bridgehead atoms. The molecule has 1 rings (SSSR count). The van der Waals surface area contributed by atoms with Crippen molar-refractivity contribution in [1.82, 2.24) is 5.32 Å². The van der Waals surface area contributed by atoms with Gasteiger partial charge in [0.2, 0.25) is 0 Å². The average molecular weight is 239 g/mol. The third-order valence-electron chi connectivity index (χ3n) is 2.01. The fourth-order valence-corrected chi connectivity index (χ4v) is 1.27. The Labute approximate surface area is 101 Å². The van der Waals surface area contributed by atoms with Crippen molar-refractivity contribution in [3.63, 3.8) is 0 Å².